The first-order valence-electron chi connectivity index (χ1n) is 6.81. The molecule has 0 saturated carbocycles. The zero-order valence-corrected chi connectivity index (χ0v) is 12.0. The minimum Gasteiger partial charge on any atom is -0.354 e. The lowest BCUT2D eigenvalue weighted by atomic mass is 10.0. The summed E-state index contributed by atoms with van der Waals surface area (Å²) in [5.41, 5.74) is 2.43. The van der Waals surface area contributed by atoms with Gasteiger partial charge in [-0.2, -0.15) is 0 Å². The van der Waals surface area contributed by atoms with Crippen molar-refractivity contribution < 1.29 is 0 Å². The standard InChI is InChI=1S/C14H18N4S/c1-10-8-16-14(17-9-10)15-7-6-13-18-11-4-2-3-5-12(11)19-13/h8-9H,2-7H2,1H3,(H,15,16,17). The van der Waals surface area contributed by atoms with Gasteiger partial charge in [-0.25, -0.2) is 15.0 Å². The number of aryl methyl sites for hydroxylation is 3. The molecule has 2 aromatic heterocycles. The molecule has 1 aliphatic rings. The van der Waals surface area contributed by atoms with Gasteiger partial charge in [0, 0.05) is 30.2 Å². The monoisotopic (exact) mass is 274 g/mol. The fourth-order valence-electron chi connectivity index (χ4n) is 2.28. The SMILES string of the molecule is Cc1cnc(NCCc2nc3c(s2)CCCC3)nc1. The van der Waals surface area contributed by atoms with Crippen LogP contribution in [0.2, 0.25) is 0 Å². The molecule has 0 unspecified atom stereocenters. The Labute approximate surface area is 117 Å². The van der Waals surface area contributed by atoms with Crippen molar-refractivity contribution in [3.8, 4) is 0 Å². The van der Waals surface area contributed by atoms with Gasteiger partial charge in [-0.05, 0) is 38.2 Å². The van der Waals surface area contributed by atoms with Crippen LogP contribution in [0, 0.1) is 6.92 Å². The van der Waals surface area contributed by atoms with E-state index in [2.05, 4.69) is 15.3 Å². The molecule has 4 nitrogen and oxygen atoms in total. The Morgan fingerprint density at radius 1 is 1.21 bits per heavy atom. The molecule has 0 spiro atoms. The Bertz CT molecular complexity index is 524. The second kappa shape index (κ2) is 5.65. The molecule has 0 aliphatic heterocycles. The topological polar surface area (TPSA) is 50.7 Å². The maximum Gasteiger partial charge on any atom is 0.222 e. The van der Waals surface area contributed by atoms with Gasteiger partial charge >= 0.3 is 0 Å². The first-order chi connectivity index (χ1) is 9.31. The zero-order chi connectivity index (χ0) is 13.1. The normalized spacial score (nSPS) is 14.2. The molecular formula is C14H18N4S. The lowest BCUT2D eigenvalue weighted by molar-refractivity contribution is 0.680. The number of hydrogen-bond acceptors (Lipinski definition) is 5. The van der Waals surface area contributed by atoms with Crippen LogP contribution in [-0.2, 0) is 19.3 Å². The van der Waals surface area contributed by atoms with Crippen molar-refractivity contribution >= 4 is 17.3 Å². The van der Waals surface area contributed by atoms with E-state index < -0.39 is 0 Å². The van der Waals surface area contributed by atoms with Gasteiger partial charge in [0.2, 0.25) is 5.95 Å². The van der Waals surface area contributed by atoms with Crippen molar-refractivity contribution in [1.82, 2.24) is 15.0 Å². The summed E-state index contributed by atoms with van der Waals surface area (Å²) in [5, 5.41) is 4.49. The minimum absolute atomic E-state index is 0.701. The molecule has 0 fully saturated rings. The lowest BCUT2D eigenvalue weighted by Crippen LogP contribution is -2.07. The van der Waals surface area contributed by atoms with Crippen molar-refractivity contribution in [2.24, 2.45) is 0 Å². The van der Waals surface area contributed by atoms with Crippen LogP contribution in [-0.4, -0.2) is 21.5 Å². The molecule has 3 rings (SSSR count). The predicted octanol–water partition coefficient (Wildman–Crippen LogP) is 2.77. The average molecular weight is 274 g/mol. The number of thiazole rings is 1. The number of nitrogens with zero attached hydrogens (tertiary/aromatic N) is 3. The summed E-state index contributed by atoms with van der Waals surface area (Å²) in [6, 6.07) is 0. The molecule has 1 N–H and O–H groups in total. The first kappa shape index (κ1) is 12.5. The second-order valence-electron chi connectivity index (χ2n) is 4.95. The molecule has 100 valence electrons. The maximum absolute atomic E-state index is 4.73. The number of anilines is 1. The van der Waals surface area contributed by atoms with E-state index in [1.165, 1.54) is 41.3 Å². The average Bonchev–Trinajstić information content (AvgIpc) is 2.83. The zero-order valence-electron chi connectivity index (χ0n) is 11.1. The largest absolute Gasteiger partial charge is 0.354 e. The molecule has 0 amide bonds. The number of aromatic nitrogens is 3. The fourth-order valence-corrected chi connectivity index (χ4v) is 3.43. The van der Waals surface area contributed by atoms with E-state index in [9.17, 15) is 0 Å². The van der Waals surface area contributed by atoms with Gasteiger partial charge < -0.3 is 5.32 Å². The molecule has 5 heteroatoms. The van der Waals surface area contributed by atoms with E-state index in [1.54, 1.807) is 0 Å². The fraction of sp³-hybridized carbons (Fsp3) is 0.500. The number of fused-ring (bicyclic) bond motifs is 1. The molecule has 2 aromatic rings. The van der Waals surface area contributed by atoms with E-state index in [0.717, 1.165) is 18.5 Å². The van der Waals surface area contributed by atoms with Crippen LogP contribution in [0.5, 0.6) is 0 Å². The summed E-state index contributed by atoms with van der Waals surface area (Å²) >= 11 is 1.88. The highest BCUT2D eigenvalue weighted by Gasteiger charge is 2.14. The Morgan fingerprint density at radius 3 is 2.79 bits per heavy atom. The van der Waals surface area contributed by atoms with Crippen molar-refractivity contribution in [2.45, 2.75) is 39.0 Å². The van der Waals surface area contributed by atoms with E-state index in [1.807, 2.05) is 30.7 Å². The van der Waals surface area contributed by atoms with E-state index in [-0.39, 0.29) is 0 Å². The van der Waals surface area contributed by atoms with Crippen molar-refractivity contribution in [2.75, 3.05) is 11.9 Å². The minimum atomic E-state index is 0.701. The van der Waals surface area contributed by atoms with Crippen LogP contribution >= 0.6 is 11.3 Å². The molecule has 0 atom stereocenters. The molecule has 19 heavy (non-hydrogen) atoms. The maximum atomic E-state index is 4.73. The van der Waals surface area contributed by atoms with Gasteiger partial charge in [0.15, 0.2) is 0 Å². The third kappa shape index (κ3) is 3.10. The Hall–Kier alpha value is -1.49. The summed E-state index contributed by atoms with van der Waals surface area (Å²) in [7, 11) is 0. The third-order valence-electron chi connectivity index (χ3n) is 3.29. The molecule has 0 aromatic carbocycles. The van der Waals surface area contributed by atoms with Gasteiger partial charge in [0.25, 0.3) is 0 Å². The first-order valence-corrected chi connectivity index (χ1v) is 7.63. The molecule has 1 aliphatic carbocycles. The summed E-state index contributed by atoms with van der Waals surface area (Å²) in [6.45, 7) is 2.83. The number of rotatable bonds is 4. The van der Waals surface area contributed by atoms with Crippen LogP contribution < -0.4 is 5.32 Å². The number of hydrogen-bond donors (Lipinski definition) is 1. The molecule has 0 bridgehead atoms. The van der Waals surface area contributed by atoms with Gasteiger partial charge in [-0.1, -0.05) is 0 Å². The van der Waals surface area contributed by atoms with Crippen molar-refractivity contribution in [3.63, 3.8) is 0 Å². The summed E-state index contributed by atoms with van der Waals surface area (Å²) < 4.78 is 0. The van der Waals surface area contributed by atoms with E-state index >= 15 is 0 Å². The molecule has 0 saturated heterocycles. The van der Waals surface area contributed by atoms with Crippen LogP contribution in [0.15, 0.2) is 12.4 Å². The highest BCUT2D eigenvalue weighted by atomic mass is 32.1. The van der Waals surface area contributed by atoms with Crippen LogP contribution in [0.3, 0.4) is 0 Å². The Kier molecular flexibility index (Phi) is 3.73. The van der Waals surface area contributed by atoms with Crippen LogP contribution in [0.25, 0.3) is 0 Å². The third-order valence-corrected chi connectivity index (χ3v) is 4.51. The molecular weight excluding hydrogens is 256 g/mol. The summed E-state index contributed by atoms with van der Waals surface area (Å²) in [6.07, 6.45) is 9.63. The molecule has 0 radical (unpaired) electrons. The highest BCUT2D eigenvalue weighted by molar-refractivity contribution is 7.11. The van der Waals surface area contributed by atoms with Crippen molar-refractivity contribution in [3.05, 3.63) is 33.5 Å². The second-order valence-corrected chi connectivity index (χ2v) is 6.11. The summed E-state index contributed by atoms with van der Waals surface area (Å²) in [4.78, 5) is 14.7. The van der Waals surface area contributed by atoms with E-state index in [0.29, 0.717) is 5.95 Å². The Balaban J connectivity index is 1.54. The Morgan fingerprint density at radius 2 is 2.00 bits per heavy atom. The van der Waals surface area contributed by atoms with Crippen LogP contribution in [0.1, 0.15) is 34.0 Å². The van der Waals surface area contributed by atoms with Crippen molar-refractivity contribution in [1.29, 1.82) is 0 Å². The van der Waals surface area contributed by atoms with E-state index in [4.69, 9.17) is 4.98 Å². The smallest absolute Gasteiger partial charge is 0.222 e. The van der Waals surface area contributed by atoms with Gasteiger partial charge in [-0.3, -0.25) is 0 Å². The quantitative estimate of drug-likeness (QED) is 0.931. The summed E-state index contributed by atoms with van der Waals surface area (Å²) in [5.74, 6) is 0.701. The molecule has 2 heterocycles. The number of nitrogens with one attached hydrogen (secondary N) is 1. The predicted molar refractivity (Wildman–Crippen MR) is 77.7 cm³/mol. The van der Waals surface area contributed by atoms with Gasteiger partial charge in [0.05, 0.1) is 10.7 Å². The van der Waals surface area contributed by atoms with Crippen LogP contribution in [0.4, 0.5) is 5.95 Å². The van der Waals surface area contributed by atoms with Gasteiger partial charge in [-0.15, -0.1) is 11.3 Å². The highest BCUT2D eigenvalue weighted by Crippen LogP contribution is 2.26. The van der Waals surface area contributed by atoms with Gasteiger partial charge in [0.1, 0.15) is 0 Å². The lowest BCUT2D eigenvalue weighted by Gasteiger charge is -2.06.